The van der Waals surface area contributed by atoms with E-state index in [4.69, 9.17) is 24.9 Å². The topological polar surface area (TPSA) is 104 Å². The van der Waals surface area contributed by atoms with Gasteiger partial charge in [0.1, 0.15) is 0 Å². The summed E-state index contributed by atoms with van der Waals surface area (Å²) in [5.74, 6) is 2.11. The quantitative estimate of drug-likeness (QED) is 0.690. The molecule has 0 spiro atoms. The summed E-state index contributed by atoms with van der Waals surface area (Å²) in [6.45, 7) is 0. The number of hydrogen-bond acceptors (Lipinski definition) is 9. The average molecular weight is 385 g/mol. The van der Waals surface area contributed by atoms with E-state index in [2.05, 4.69) is 15.3 Å². The van der Waals surface area contributed by atoms with Crippen LogP contribution in [-0.2, 0) is 12.8 Å². The highest BCUT2D eigenvalue weighted by Crippen LogP contribution is 2.41. The van der Waals surface area contributed by atoms with Crippen LogP contribution in [0.2, 0.25) is 0 Å². The fourth-order valence-corrected chi connectivity index (χ4v) is 4.01. The molecular weight excluding hydrogens is 366 g/mol. The van der Waals surface area contributed by atoms with E-state index in [1.807, 2.05) is 6.20 Å². The van der Waals surface area contributed by atoms with Crippen LogP contribution in [-0.4, -0.2) is 36.3 Å². The van der Waals surface area contributed by atoms with Gasteiger partial charge in [0, 0.05) is 24.0 Å². The van der Waals surface area contributed by atoms with Crippen LogP contribution >= 0.6 is 11.3 Å². The van der Waals surface area contributed by atoms with Crippen molar-refractivity contribution in [2.45, 2.75) is 12.8 Å². The van der Waals surface area contributed by atoms with Gasteiger partial charge in [-0.15, -0.1) is 0 Å². The molecular formula is C18H19N5O3S. The fourth-order valence-electron chi connectivity index (χ4n) is 3.11. The molecule has 0 saturated carbocycles. The molecule has 1 aromatic carbocycles. The van der Waals surface area contributed by atoms with Crippen LogP contribution in [0.4, 0.5) is 16.8 Å². The molecule has 0 bridgehead atoms. The lowest BCUT2D eigenvalue weighted by Crippen LogP contribution is -2.08. The number of benzene rings is 1. The van der Waals surface area contributed by atoms with Crippen molar-refractivity contribution in [2.75, 3.05) is 32.4 Å². The summed E-state index contributed by atoms with van der Waals surface area (Å²) in [6, 6.07) is 3.61. The van der Waals surface area contributed by atoms with E-state index in [9.17, 15) is 0 Å². The molecule has 4 rings (SSSR count). The number of nitrogens with one attached hydrogen (secondary N) is 1. The first-order valence-corrected chi connectivity index (χ1v) is 9.13. The molecule has 0 fully saturated rings. The molecule has 0 aliphatic heterocycles. The number of nitrogen functional groups attached to an aromatic ring is 1. The lowest BCUT2D eigenvalue weighted by atomic mass is 10.00. The molecule has 3 aromatic rings. The van der Waals surface area contributed by atoms with E-state index in [0.29, 0.717) is 28.3 Å². The van der Waals surface area contributed by atoms with Crippen LogP contribution < -0.4 is 25.3 Å². The van der Waals surface area contributed by atoms with Crippen LogP contribution in [0.1, 0.15) is 11.3 Å². The molecule has 27 heavy (non-hydrogen) atoms. The van der Waals surface area contributed by atoms with E-state index in [1.165, 1.54) is 11.3 Å². The van der Waals surface area contributed by atoms with Crippen molar-refractivity contribution in [1.29, 1.82) is 0 Å². The number of aromatic nitrogens is 3. The van der Waals surface area contributed by atoms with Crippen LogP contribution in [0, 0.1) is 0 Å². The normalized spacial score (nSPS) is 12.1. The predicted octanol–water partition coefficient (Wildman–Crippen LogP) is 3.05. The first kappa shape index (κ1) is 17.3. The van der Waals surface area contributed by atoms with Crippen molar-refractivity contribution in [1.82, 2.24) is 15.0 Å². The van der Waals surface area contributed by atoms with Crippen LogP contribution in [0.3, 0.4) is 0 Å². The molecule has 8 nitrogen and oxygen atoms in total. The molecule has 0 atom stereocenters. The van der Waals surface area contributed by atoms with Gasteiger partial charge < -0.3 is 25.3 Å². The fraction of sp³-hybridized carbons (Fsp3) is 0.278. The van der Waals surface area contributed by atoms with Crippen molar-refractivity contribution in [3.63, 3.8) is 0 Å². The minimum Gasteiger partial charge on any atom is -0.493 e. The monoisotopic (exact) mass is 385 g/mol. The number of anilines is 3. The Balaban J connectivity index is 1.70. The Morgan fingerprint density at radius 3 is 2.44 bits per heavy atom. The lowest BCUT2D eigenvalue weighted by Gasteiger charge is -2.16. The summed E-state index contributed by atoms with van der Waals surface area (Å²) in [7, 11) is 4.72. The Morgan fingerprint density at radius 2 is 1.78 bits per heavy atom. The van der Waals surface area contributed by atoms with Crippen LogP contribution in [0.15, 0.2) is 18.3 Å². The molecule has 1 aliphatic carbocycles. The van der Waals surface area contributed by atoms with Crippen molar-refractivity contribution in [2.24, 2.45) is 0 Å². The van der Waals surface area contributed by atoms with Gasteiger partial charge in [-0.25, -0.2) is 15.0 Å². The predicted molar refractivity (Wildman–Crippen MR) is 104 cm³/mol. The highest BCUT2D eigenvalue weighted by atomic mass is 32.1. The molecule has 0 radical (unpaired) electrons. The van der Waals surface area contributed by atoms with Gasteiger partial charge in [0.15, 0.2) is 16.6 Å². The van der Waals surface area contributed by atoms with E-state index in [-0.39, 0.29) is 0 Å². The largest absolute Gasteiger partial charge is 0.493 e. The third-order valence-electron chi connectivity index (χ3n) is 4.35. The van der Waals surface area contributed by atoms with Gasteiger partial charge in [0.25, 0.3) is 0 Å². The van der Waals surface area contributed by atoms with Gasteiger partial charge in [0.2, 0.25) is 11.7 Å². The number of nitrogens with two attached hydrogens (primary N) is 1. The first-order chi connectivity index (χ1) is 13.1. The maximum Gasteiger partial charge on any atom is 0.227 e. The number of rotatable bonds is 5. The molecule has 0 unspecified atom stereocenters. The number of fused-ring (bicyclic) bond motifs is 3. The molecule has 0 saturated heterocycles. The molecule has 2 aromatic heterocycles. The van der Waals surface area contributed by atoms with E-state index < -0.39 is 0 Å². The molecule has 2 heterocycles. The Labute approximate surface area is 160 Å². The zero-order valence-corrected chi connectivity index (χ0v) is 16.0. The third-order valence-corrected chi connectivity index (χ3v) is 5.28. The number of hydrogen-bond donors (Lipinski definition) is 2. The summed E-state index contributed by atoms with van der Waals surface area (Å²) < 4.78 is 16.1. The number of nitrogens with zero attached hydrogens (tertiary/aromatic N) is 3. The van der Waals surface area contributed by atoms with E-state index >= 15 is 0 Å². The van der Waals surface area contributed by atoms with Gasteiger partial charge in [-0.05, 0) is 18.4 Å². The molecule has 9 heteroatoms. The highest BCUT2D eigenvalue weighted by Gasteiger charge is 2.23. The Morgan fingerprint density at radius 1 is 1.04 bits per heavy atom. The Hall–Kier alpha value is -3.07. The summed E-state index contributed by atoms with van der Waals surface area (Å²) in [6.07, 6.45) is 3.57. The maximum absolute atomic E-state index is 5.88. The van der Waals surface area contributed by atoms with Crippen LogP contribution in [0.25, 0.3) is 10.6 Å². The molecule has 3 N–H and O–H groups in total. The minimum absolute atomic E-state index is 0.475. The maximum atomic E-state index is 5.88. The minimum atomic E-state index is 0.475. The number of thiazole rings is 1. The van der Waals surface area contributed by atoms with E-state index in [1.54, 1.807) is 33.5 Å². The van der Waals surface area contributed by atoms with E-state index in [0.717, 1.165) is 40.4 Å². The van der Waals surface area contributed by atoms with Crippen molar-refractivity contribution < 1.29 is 14.2 Å². The standard InChI is InChI=1S/C18H19N5O3S/c1-24-12-6-10(7-13(25-2)15(12)26-3)21-18-20-8-9-4-5-11-16(14(9)23-18)27-17(19)22-11/h6-8H,4-5H2,1-3H3,(H2,19,22)(H,20,21,23). The van der Waals surface area contributed by atoms with Gasteiger partial charge >= 0.3 is 0 Å². The number of ether oxygens (including phenoxy) is 3. The van der Waals surface area contributed by atoms with Gasteiger partial charge in [-0.1, -0.05) is 11.3 Å². The van der Waals surface area contributed by atoms with Crippen molar-refractivity contribution in [3.8, 4) is 27.8 Å². The third kappa shape index (κ3) is 3.10. The van der Waals surface area contributed by atoms with Crippen LogP contribution in [0.5, 0.6) is 17.2 Å². The second-order valence-electron chi connectivity index (χ2n) is 5.93. The van der Waals surface area contributed by atoms with Gasteiger partial charge in [-0.3, -0.25) is 0 Å². The SMILES string of the molecule is COc1cc(Nc2ncc3c(n2)-c2sc(N)nc2CC3)cc(OC)c1OC. The number of methoxy groups -OCH3 is 3. The Bertz CT molecular complexity index is 980. The van der Waals surface area contributed by atoms with Gasteiger partial charge in [-0.2, -0.15) is 0 Å². The van der Waals surface area contributed by atoms with Gasteiger partial charge in [0.05, 0.1) is 37.6 Å². The second-order valence-corrected chi connectivity index (χ2v) is 6.97. The zero-order valence-electron chi connectivity index (χ0n) is 15.2. The smallest absolute Gasteiger partial charge is 0.227 e. The highest BCUT2D eigenvalue weighted by molar-refractivity contribution is 7.18. The lowest BCUT2D eigenvalue weighted by molar-refractivity contribution is 0.324. The first-order valence-electron chi connectivity index (χ1n) is 8.31. The summed E-state index contributed by atoms with van der Waals surface area (Å²) in [4.78, 5) is 14.5. The van der Waals surface area contributed by atoms with Crippen molar-refractivity contribution in [3.05, 3.63) is 29.6 Å². The molecule has 1 aliphatic rings. The summed E-state index contributed by atoms with van der Waals surface area (Å²) >= 11 is 1.46. The summed E-state index contributed by atoms with van der Waals surface area (Å²) in [5.41, 5.74) is 9.59. The number of aryl methyl sites for hydroxylation is 2. The Kier molecular flexibility index (Phi) is 4.44. The molecule has 0 amide bonds. The second kappa shape index (κ2) is 6.92. The molecule has 140 valence electrons. The average Bonchev–Trinajstić information content (AvgIpc) is 3.08. The van der Waals surface area contributed by atoms with Crippen molar-refractivity contribution >= 4 is 28.1 Å². The summed E-state index contributed by atoms with van der Waals surface area (Å²) in [5, 5.41) is 3.77. The zero-order chi connectivity index (χ0) is 19.0.